The molecule has 100 valence electrons. The summed E-state index contributed by atoms with van der Waals surface area (Å²) in [6.45, 7) is 1.35. The second-order valence-corrected chi connectivity index (χ2v) is 4.06. The summed E-state index contributed by atoms with van der Waals surface area (Å²) < 4.78 is 5.23. The lowest BCUT2D eigenvalue weighted by Crippen LogP contribution is -2.28. The Morgan fingerprint density at radius 1 is 1.39 bits per heavy atom. The van der Waals surface area contributed by atoms with Crippen molar-refractivity contribution < 1.29 is 9.53 Å². The van der Waals surface area contributed by atoms with Crippen molar-refractivity contribution in [2.45, 2.75) is 12.8 Å². The van der Waals surface area contributed by atoms with Gasteiger partial charge in [0.05, 0.1) is 11.9 Å². The van der Waals surface area contributed by atoms with E-state index in [1.807, 2.05) is 19.2 Å². The lowest BCUT2D eigenvalue weighted by atomic mass is 9.99. The number of pyridine rings is 1. The van der Waals surface area contributed by atoms with E-state index < -0.39 is 0 Å². The summed E-state index contributed by atoms with van der Waals surface area (Å²) >= 11 is 0. The first-order valence-corrected chi connectivity index (χ1v) is 5.82. The molecule has 1 aromatic heterocycles. The first kappa shape index (κ1) is 14.7. The molecule has 1 aliphatic rings. The van der Waals surface area contributed by atoms with Gasteiger partial charge < -0.3 is 15.4 Å². The molecule has 5 nitrogen and oxygen atoms in total. The Hall–Kier alpha value is -1.33. The van der Waals surface area contributed by atoms with Crippen LogP contribution in [0, 0.1) is 5.92 Å². The molecule has 2 heterocycles. The summed E-state index contributed by atoms with van der Waals surface area (Å²) in [5.41, 5.74) is 0.737. The van der Waals surface area contributed by atoms with Gasteiger partial charge in [0.15, 0.2) is 0 Å². The molecule has 2 N–H and O–H groups in total. The molecule has 6 heteroatoms. The summed E-state index contributed by atoms with van der Waals surface area (Å²) in [6.07, 6.45) is 3.25. The molecule has 1 amide bonds. The zero-order valence-corrected chi connectivity index (χ0v) is 11.1. The van der Waals surface area contributed by atoms with Gasteiger partial charge in [0, 0.05) is 26.2 Å². The van der Waals surface area contributed by atoms with Crippen molar-refractivity contribution in [3.05, 3.63) is 18.3 Å². The Balaban J connectivity index is 0.00000162. The minimum atomic E-state index is 0. The third kappa shape index (κ3) is 3.85. The molecular formula is C12H18ClN3O2. The minimum Gasteiger partial charge on any atom is -0.381 e. The third-order valence-electron chi connectivity index (χ3n) is 2.88. The van der Waals surface area contributed by atoms with Crippen LogP contribution in [-0.2, 0) is 9.53 Å². The molecule has 18 heavy (non-hydrogen) atoms. The number of aromatic nitrogens is 1. The van der Waals surface area contributed by atoms with E-state index >= 15 is 0 Å². The molecule has 1 saturated heterocycles. The highest BCUT2D eigenvalue weighted by Crippen LogP contribution is 2.17. The molecule has 1 aromatic rings. The van der Waals surface area contributed by atoms with Crippen LogP contribution in [0.25, 0.3) is 0 Å². The monoisotopic (exact) mass is 271 g/mol. The van der Waals surface area contributed by atoms with Gasteiger partial charge in [-0.05, 0) is 25.0 Å². The number of halogens is 1. The van der Waals surface area contributed by atoms with E-state index in [-0.39, 0.29) is 24.2 Å². The summed E-state index contributed by atoms with van der Waals surface area (Å²) in [4.78, 5) is 16.1. The van der Waals surface area contributed by atoms with Crippen LogP contribution in [0.3, 0.4) is 0 Å². The summed E-state index contributed by atoms with van der Waals surface area (Å²) in [6, 6.07) is 3.68. The van der Waals surface area contributed by atoms with Gasteiger partial charge in [-0.1, -0.05) is 0 Å². The molecule has 1 fully saturated rings. The maximum Gasteiger partial charge on any atom is 0.227 e. The lowest BCUT2D eigenvalue weighted by Gasteiger charge is -2.21. The zero-order chi connectivity index (χ0) is 12.1. The van der Waals surface area contributed by atoms with Crippen molar-refractivity contribution >= 4 is 29.8 Å². The van der Waals surface area contributed by atoms with Crippen LogP contribution in [0.4, 0.5) is 11.5 Å². The predicted octanol–water partition coefficient (Wildman–Crippen LogP) is 1.91. The predicted molar refractivity (Wildman–Crippen MR) is 73.2 cm³/mol. The summed E-state index contributed by atoms with van der Waals surface area (Å²) in [7, 11) is 1.81. The largest absolute Gasteiger partial charge is 0.381 e. The van der Waals surface area contributed by atoms with Gasteiger partial charge in [0.2, 0.25) is 5.91 Å². The number of ether oxygens (including phenoxy) is 1. The first-order valence-electron chi connectivity index (χ1n) is 5.82. The molecule has 0 aliphatic carbocycles. The molecule has 0 radical (unpaired) electrons. The molecule has 0 bridgehead atoms. The van der Waals surface area contributed by atoms with E-state index in [0.29, 0.717) is 13.2 Å². The van der Waals surface area contributed by atoms with Crippen LogP contribution >= 0.6 is 12.4 Å². The van der Waals surface area contributed by atoms with Gasteiger partial charge in [0.25, 0.3) is 0 Å². The van der Waals surface area contributed by atoms with E-state index in [2.05, 4.69) is 15.6 Å². The maximum atomic E-state index is 11.9. The van der Waals surface area contributed by atoms with Crippen molar-refractivity contribution in [2.75, 3.05) is 30.9 Å². The van der Waals surface area contributed by atoms with Crippen LogP contribution < -0.4 is 10.6 Å². The highest BCUT2D eigenvalue weighted by atomic mass is 35.5. The van der Waals surface area contributed by atoms with E-state index in [1.54, 1.807) is 6.20 Å². The normalized spacial score (nSPS) is 15.6. The quantitative estimate of drug-likeness (QED) is 0.882. The van der Waals surface area contributed by atoms with Crippen molar-refractivity contribution in [3.63, 3.8) is 0 Å². The van der Waals surface area contributed by atoms with E-state index in [9.17, 15) is 4.79 Å². The van der Waals surface area contributed by atoms with Crippen LogP contribution in [0.1, 0.15) is 12.8 Å². The smallest absolute Gasteiger partial charge is 0.227 e. The van der Waals surface area contributed by atoms with Crippen LogP contribution in [0.2, 0.25) is 0 Å². The Morgan fingerprint density at radius 3 is 2.67 bits per heavy atom. The van der Waals surface area contributed by atoms with Gasteiger partial charge >= 0.3 is 0 Å². The number of hydrogen-bond acceptors (Lipinski definition) is 4. The average molecular weight is 272 g/mol. The highest BCUT2D eigenvalue weighted by Gasteiger charge is 2.21. The van der Waals surface area contributed by atoms with E-state index in [4.69, 9.17) is 4.74 Å². The van der Waals surface area contributed by atoms with Crippen LogP contribution in [0.15, 0.2) is 18.3 Å². The molecule has 2 rings (SSSR count). The van der Waals surface area contributed by atoms with Gasteiger partial charge in [-0.25, -0.2) is 4.98 Å². The van der Waals surface area contributed by atoms with Gasteiger partial charge in [-0.15, -0.1) is 12.4 Å². The number of rotatable bonds is 3. The van der Waals surface area contributed by atoms with Crippen molar-refractivity contribution in [1.29, 1.82) is 0 Å². The van der Waals surface area contributed by atoms with Crippen molar-refractivity contribution in [1.82, 2.24) is 4.98 Å². The number of amides is 1. The Bertz CT molecular complexity index is 377. The number of nitrogens with zero attached hydrogens (tertiary/aromatic N) is 1. The van der Waals surface area contributed by atoms with Gasteiger partial charge in [-0.2, -0.15) is 0 Å². The standard InChI is InChI=1S/C12H17N3O2.ClH/c1-13-11-3-2-10(8-14-11)15-12(16)9-4-6-17-7-5-9;/h2-3,8-9H,4-7H2,1H3,(H,13,14)(H,15,16);1H. The molecule has 0 spiro atoms. The molecule has 0 aromatic carbocycles. The van der Waals surface area contributed by atoms with Crippen molar-refractivity contribution in [3.8, 4) is 0 Å². The van der Waals surface area contributed by atoms with Gasteiger partial charge in [0.1, 0.15) is 5.82 Å². The first-order chi connectivity index (χ1) is 8.29. The fourth-order valence-electron chi connectivity index (χ4n) is 1.82. The SMILES string of the molecule is CNc1ccc(NC(=O)C2CCOCC2)cn1.Cl. The number of hydrogen-bond donors (Lipinski definition) is 2. The second-order valence-electron chi connectivity index (χ2n) is 4.06. The highest BCUT2D eigenvalue weighted by molar-refractivity contribution is 5.92. The second kappa shape index (κ2) is 7.18. The molecule has 0 atom stereocenters. The molecule has 0 saturated carbocycles. The average Bonchev–Trinajstić information content (AvgIpc) is 2.40. The molecule has 1 aliphatic heterocycles. The fourth-order valence-corrected chi connectivity index (χ4v) is 1.82. The van der Waals surface area contributed by atoms with Crippen LogP contribution in [0.5, 0.6) is 0 Å². The number of carbonyl (C=O) groups is 1. The van der Waals surface area contributed by atoms with E-state index in [0.717, 1.165) is 24.3 Å². The summed E-state index contributed by atoms with van der Waals surface area (Å²) in [5, 5.41) is 5.81. The lowest BCUT2D eigenvalue weighted by molar-refractivity contribution is -0.122. The Kier molecular flexibility index (Phi) is 5.88. The van der Waals surface area contributed by atoms with E-state index in [1.165, 1.54) is 0 Å². The summed E-state index contributed by atoms with van der Waals surface area (Å²) in [5.74, 6) is 0.911. The maximum absolute atomic E-state index is 11.9. The van der Waals surface area contributed by atoms with Crippen LogP contribution in [-0.4, -0.2) is 31.2 Å². The van der Waals surface area contributed by atoms with Gasteiger partial charge in [-0.3, -0.25) is 4.79 Å². The minimum absolute atomic E-state index is 0. The number of anilines is 2. The fraction of sp³-hybridized carbons (Fsp3) is 0.500. The number of nitrogens with one attached hydrogen (secondary N) is 2. The topological polar surface area (TPSA) is 63.2 Å². The Morgan fingerprint density at radius 2 is 2.11 bits per heavy atom. The number of carbonyl (C=O) groups excluding carboxylic acids is 1. The Labute approximate surface area is 113 Å². The molecule has 0 unspecified atom stereocenters. The third-order valence-corrected chi connectivity index (χ3v) is 2.88. The molecular weight excluding hydrogens is 254 g/mol. The van der Waals surface area contributed by atoms with Crippen molar-refractivity contribution in [2.24, 2.45) is 5.92 Å². The zero-order valence-electron chi connectivity index (χ0n) is 10.3.